The van der Waals surface area contributed by atoms with Crippen LogP contribution in [0.2, 0.25) is 0 Å². The molecular weight excluding hydrogens is 292 g/mol. The fourth-order valence-corrected chi connectivity index (χ4v) is 2.34. The fraction of sp³-hybridized carbons (Fsp3) is 0.200. The van der Waals surface area contributed by atoms with Crippen LogP contribution in [0, 0.1) is 0 Å². The Morgan fingerprint density at radius 3 is 2.33 bits per heavy atom. The van der Waals surface area contributed by atoms with E-state index < -0.39 is 12.2 Å². The van der Waals surface area contributed by atoms with Gasteiger partial charge in [-0.2, -0.15) is 0 Å². The van der Waals surface area contributed by atoms with Crippen molar-refractivity contribution in [3.05, 3.63) is 70.2 Å². The molecule has 3 heteroatoms. The van der Waals surface area contributed by atoms with Crippen LogP contribution in [0.4, 0.5) is 0 Å². The highest BCUT2D eigenvalue weighted by Gasteiger charge is 2.18. The summed E-state index contributed by atoms with van der Waals surface area (Å²) in [6.07, 6.45) is -1.23. The average molecular weight is 307 g/mol. The molecule has 0 bridgehead atoms. The minimum Gasteiger partial charge on any atom is -0.390 e. The number of aliphatic hydroxyl groups excluding tert-OH is 2. The first-order valence-electron chi connectivity index (χ1n) is 5.82. The van der Waals surface area contributed by atoms with Crippen molar-refractivity contribution in [2.75, 3.05) is 0 Å². The van der Waals surface area contributed by atoms with Gasteiger partial charge in [-0.15, -0.1) is 0 Å². The fourth-order valence-electron chi connectivity index (χ4n) is 1.89. The van der Waals surface area contributed by atoms with Gasteiger partial charge in [-0.3, -0.25) is 0 Å². The van der Waals surface area contributed by atoms with Gasteiger partial charge in [-0.1, -0.05) is 58.4 Å². The van der Waals surface area contributed by atoms with Crippen LogP contribution in [-0.4, -0.2) is 16.3 Å². The molecule has 0 aliphatic heterocycles. The van der Waals surface area contributed by atoms with Crippen molar-refractivity contribution in [1.29, 1.82) is 0 Å². The molecule has 0 saturated carbocycles. The molecule has 2 aromatic carbocycles. The van der Waals surface area contributed by atoms with Crippen LogP contribution in [0.3, 0.4) is 0 Å². The lowest BCUT2D eigenvalue weighted by molar-refractivity contribution is 0.0189. The second-order valence-corrected chi connectivity index (χ2v) is 5.17. The van der Waals surface area contributed by atoms with Crippen molar-refractivity contribution in [2.24, 2.45) is 0 Å². The third kappa shape index (κ3) is 3.42. The molecule has 2 N–H and O–H groups in total. The van der Waals surface area contributed by atoms with Crippen molar-refractivity contribution in [3.8, 4) is 0 Å². The maximum absolute atomic E-state index is 10.1. The highest BCUT2D eigenvalue weighted by Crippen LogP contribution is 2.20. The Hall–Kier alpha value is -1.16. The molecule has 0 spiro atoms. The van der Waals surface area contributed by atoms with Crippen molar-refractivity contribution >= 4 is 15.9 Å². The summed E-state index contributed by atoms with van der Waals surface area (Å²) < 4.78 is 0.974. The smallest absolute Gasteiger partial charge is 0.105 e. The molecule has 0 fully saturated rings. The Balaban J connectivity index is 2.06. The van der Waals surface area contributed by atoms with E-state index in [4.69, 9.17) is 0 Å². The van der Waals surface area contributed by atoms with E-state index in [1.807, 2.05) is 54.6 Å². The molecule has 18 heavy (non-hydrogen) atoms. The summed E-state index contributed by atoms with van der Waals surface area (Å²) in [4.78, 5) is 0. The van der Waals surface area contributed by atoms with Crippen molar-refractivity contribution in [2.45, 2.75) is 18.6 Å². The third-order valence-electron chi connectivity index (χ3n) is 2.84. The van der Waals surface area contributed by atoms with Gasteiger partial charge in [0.05, 0.1) is 6.10 Å². The highest BCUT2D eigenvalue weighted by molar-refractivity contribution is 9.10. The zero-order valence-electron chi connectivity index (χ0n) is 9.83. The molecule has 0 saturated heterocycles. The first-order chi connectivity index (χ1) is 8.66. The summed E-state index contributed by atoms with van der Waals surface area (Å²) in [5.41, 5.74) is 1.73. The second kappa shape index (κ2) is 6.14. The third-order valence-corrected chi connectivity index (χ3v) is 3.33. The molecule has 0 aliphatic carbocycles. The zero-order chi connectivity index (χ0) is 13.0. The lowest BCUT2D eigenvalue weighted by Gasteiger charge is -2.18. The van der Waals surface area contributed by atoms with E-state index in [1.54, 1.807) is 0 Å². The number of rotatable bonds is 4. The van der Waals surface area contributed by atoms with E-state index in [1.165, 1.54) is 0 Å². The number of aliphatic hydroxyl groups is 2. The first kappa shape index (κ1) is 13.3. The second-order valence-electron chi connectivity index (χ2n) is 4.26. The standard InChI is InChI=1S/C15H15BrO2/c16-13-8-4-5-11(9-13)10-14(17)15(18)12-6-2-1-3-7-12/h1-9,14-15,17-18H,10H2. The van der Waals surface area contributed by atoms with Gasteiger partial charge in [0.1, 0.15) is 6.10 Å². The van der Waals surface area contributed by atoms with Crippen LogP contribution in [0.1, 0.15) is 17.2 Å². The minimum absolute atomic E-state index is 0.426. The number of benzene rings is 2. The molecule has 0 heterocycles. The molecule has 2 nitrogen and oxygen atoms in total. The summed E-state index contributed by atoms with van der Waals surface area (Å²) in [6, 6.07) is 17.0. The zero-order valence-corrected chi connectivity index (χ0v) is 11.4. The number of halogens is 1. The van der Waals surface area contributed by atoms with Gasteiger partial charge in [-0.25, -0.2) is 0 Å². The van der Waals surface area contributed by atoms with E-state index in [2.05, 4.69) is 15.9 Å². The van der Waals surface area contributed by atoms with Gasteiger partial charge in [0.2, 0.25) is 0 Å². The summed E-state index contributed by atoms with van der Waals surface area (Å²) in [5.74, 6) is 0. The van der Waals surface area contributed by atoms with E-state index >= 15 is 0 Å². The highest BCUT2D eigenvalue weighted by atomic mass is 79.9. The molecule has 94 valence electrons. The van der Waals surface area contributed by atoms with Gasteiger partial charge < -0.3 is 10.2 Å². The van der Waals surface area contributed by atoms with Gasteiger partial charge in [0.15, 0.2) is 0 Å². The number of hydrogen-bond acceptors (Lipinski definition) is 2. The van der Waals surface area contributed by atoms with E-state index in [0.717, 1.165) is 15.6 Å². The topological polar surface area (TPSA) is 40.5 Å². The Kier molecular flexibility index (Phi) is 4.53. The molecule has 2 rings (SSSR count). The summed E-state index contributed by atoms with van der Waals surface area (Å²) in [5, 5.41) is 20.1. The quantitative estimate of drug-likeness (QED) is 0.911. The van der Waals surface area contributed by atoms with Crippen LogP contribution >= 0.6 is 15.9 Å². The largest absolute Gasteiger partial charge is 0.390 e. The minimum atomic E-state index is -0.856. The molecule has 2 aromatic rings. The van der Waals surface area contributed by atoms with Crippen LogP contribution in [-0.2, 0) is 6.42 Å². The van der Waals surface area contributed by atoms with Crippen LogP contribution in [0.25, 0.3) is 0 Å². The molecule has 0 aromatic heterocycles. The van der Waals surface area contributed by atoms with E-state index in [-0.39, 0.29) is 0 Å². The normalized spacial score (nSPS) is 14.2. The van der Waals surface area contributed by atoms with Crippen molar-refractivity contribution in [3.63, 3.8) is 0 Å². The Morgan fingerprint density at radius 2 is 1.67 bits per heavy atom. The van der Waals surface area contributed by atoms with Crippen LogP contribution < -0.4 is 0 Å². The Morgan fingerprint density at radius 1 is 0.944 bits per heavy atom. The lowest BCUT2D eigenvalue weighted by atomic mass is 9.99. The number of hydrogen-bond donors (Lipinski definition) is 2. The SMILES string of the molecule is OC(Cc1cccc(Br)c1)C(O)c1ccccc1. The Labute approximate surface area is 115 Å². The summed E-state index contributed by atoms with van der Waals surface area (Å²) in [7, 11) is 0. The molecule has 0 amide bonds. The Bertz CT molecular complexity index is 499. The van der Waals surface area contributed by atoms with E-state index in [0.29, 0.717) is 6.42 Å². The molecular formula is C15H15BrO2. The maximum Gasteiger partial charge on any atom is 0.105 e. The van der Waals surface area contributed by atoms with E-state index in [9.17, 15) is 10.2 Å². The molecule has 2 unspecified atom stereocenters. The molecule has 0 radical (unpaired) electrons. The van der Waals surface area contributed by atoms with Crippen molar-refractivity contribution < 1.29 is 10.2 Å². The molecule has 2 atom stereocenters. The van der Waals surface area contributed by atoms with Crippen molar-refractivity contribution in [1.82, 2.24) is 0 Å². The monoisotopic (exact) mass is 306 g/mol. The van der Waals surface area contributed by atoms with Crippen LogP contribution in [0.15, 0.2) is 59.1 Å². The predicted molar refractivity (Wildman–Crippen MR) is 75.3 cm³/mol. The van der Waals surface area contributed by atoms with Gasteiger partial charge in [0.25, 0.3) is 0 Å². The van der Waals surface area contributed by atoms with Gasteiger partial charge in [0, 0.05) is 10.9 Å². The van der Waals surface area contributed by atoms with Gasteiger partial charge in [-0.05, 0) is 23.3 Å². The summed E-state index contributed by atoms with van der Waals surface area (Å²) in [6.45, 7) is 0. The molecule has 0 aliphatic rings. The van der Waals surface area contributed by atoms with Crippen LogP contribution in [0.5, 0.6) is 0 Å². The lowest BCUT2D eigenvalue weighted by Crippen LogP contribution is -2.20. The first-order valence-corrected chi connectivity index (χ1v) is 6.61. The average Bonchev–Trinajstić information content (AvgIpc) is 2.39. The predicted octanol–water partition coefficient (Wildman–Crippen LogP) is 3.09. The summed E-state index contributed by atoms with van der Waals surface area (Å²) >= 11 is 3.39. The maximum atomic E-state index is 10.1. The van der Waals surface area contributed by atoms with Gasteiger partial charge >= 0.3 is 0 Å².